The van der Waals surface area contributed by atoms with Gasteiger partial charge in [0.25, 0.3) is 5.91 Å². The molecular weight excluding hydrogens is 402 g/mol. The third-order valence-electron chi connectivity index (χ3n) is 5.35. The van der Waals surface area contributed by atoms with Crippen LogP contribution in [0.15, 0.2) is 18.2 Å². The number of fused-ring (bicyclic) bond motifs is 1. The van der Waals surface area contributed by atoms with Gasteiger partial charge in [0.2, 0.25) is 5.91 Å². The number of carbonyl (C=O) groups excluding carboxylic acids is 2. The van der Waals surface area contributed by atoms with E-state index in [-0.39, 0.29) is 17.6 Å². The Kier molecular flexibility index (Phi) is 6.48. The molecule has 1 aromatic carbocycles. The average molecular weight is 433 g/mol. The summed E-state index contributed by atoms with van der Waals surface area (Å²) in [7, 11) is 0. The van der Waals surface area contributed by atoms with Crippen molar-refractivity contribution in [2.75, 3.05) is 0 Å². The van der Waals surface area contributed by atoms with Crippen LogP contribution in [0.1, 0.15) is 63.6 Å². The molecule has 1 atom stereocenters. The largest absolute Gasteiger partial charge is 0.352 e. The Hall–Kier alpha value is -2.77. The standard InChI is InChI=1S/C23H30F2N4O2/c1-13(2)26-22(31)19(23(3,4)5)28-21(30)18-17-8-6-7-11-29(17)20(27-18)14-9-10-15(24)16(25)12-14/h9-10,12-13,19H,6-8,11H2,1-5H3,(H,26,31)(H,28,30)/t19-/m1/s1. The van der Waals surface area contributed by atoms with Crippen molar-refractivity contribution < 1.29 is 18.4 Å². The van der Waals surface area contributed by atoms with Crippen LogP contribution >= 0.6 is 0 Å². The minimum Gasteiger partial charge on any atom is -0.352 e. The van der Waals surface area contributed by atoms with Gasteiger partial charge in [-0.15, -0.1) is 0 Å². The van der Waals surface area contributed by atoms with Crippen molar-refractivity contribution in [3.63, 3.8) is 0 Å². The maximum Gasteiger partial charge on any atom is 0.272 e. The van der Waals surface area contributed by atoms with Gasteiger partial charge in [-0.1, -0.05) is 20.8 Å². The zero-order valence-electron chi connectivity index (χ0n) is 18.7. The molecule has 2 aromatic rings. The highest BCUT2D eigenvalue weighted by Gasteiger charge is 2.35. The van der Waals surface area contributed by atoms with E-state index in [1.165, 1.54) is 6.07 Å². The maximum atomic E-state index is 13.8. The molecule has 3 rings (SSSR count). The Morgan fingerprint density at radius 3 is 2.42 bits per heavy atom. The van der Waals surface area contributed by atoms with Crippen molar-refractivity contribution in [3.05, 3.63) is 41.2 Å². The summed E-state index contributed by atoms with van der Waals surface area (Å²) in [5, 5.41) is 5.71. The van der Waals surface area contributed by atoms with Gasteiger partial charge in [-0.05, 0) is 56.7 Å². The van der Waals surface area contributed by atoms with Crippen LogP contribution in [0, 0.1) is 17.0 Å². The maximum absolute atomic E-state index is 13.8. The third kappa shape index (κ3) is 4.94. The number of benzene rings is 1. The molecule has 2 heterocycles. The SMILES string of the molecule is CC(C)NC(=O)[C@@H](NC(=O)c1nc(-c2ccc(F)c(F)c2)n2c1CCCC2)C(C)(C)C. The van der Waals surface area contributed by atoms with Gasteiger partial charge in [0.1, 0.15) is 17.6 Å². The summed E-state index contributed by atoms with van der Waals surface area (Å²) in [5.74, 6) is -2.17. The second-order valence-electron chi connectivity index (χ2n) is 9.40. The van der Waals surface area contributed by atoms with Gasteiger partial charge in [0.05, 0.1) is 5.69 Å². The van der Waals surface area contributed by atoms with Crippen LogP contribution in [0.4, 0.5) is 8.78 Å². The lowest BCUT2D eigenvalue weighted by molar-refractivity contribution is -0.125. The molecule has 0 spiro atoms. The summed E-state index contributed by atoms with van der Waals surface area (Å²) in [6.45, 7) is 10.0. The molecule has 0 saturated carbocycles. The molecule has 1 aromatic heterocycles. The van der Waals surface area contributed by atoms with Gasteiger partial charge in [0.15, 0.2) is 11.6 Å². The lowest BCUT2D eigenvalue weighted by Gasteiger charge is -2.31. The number of amides is 2. The number of nitrogens with one attached hydrogen (secondary N) is 2. The van der Waals surface area contributed by atoms with Crippen molar-refractivity contribution >= 4 is 11.8 Å². The minimum atomic E-state index is -0.963. The Morgan fingerprint density at radius 1 is 1.10 bits per heavy atom. The molecule has 1 aliphatic heterocycles. The molecule has 0 saturated heterocycles. The van der Waals surface area contributed by atoms with Crippen molar-refractivity contribution in [3.8, 4) is 11.4 Å². The number of aromatic nitrogens is 2. The number of hydrogen-bond acceptors (Lipinski definition) is 3. The second kappa shape index (κ2) is 8.77. The molecule has 0 radical (unpaired) electrons. The zero-order valence-corrected chi connectivity index (χ0v) is 18.7. The van der Waals surface area contributed by atoms with E-state index in [0.29, 0.717) is 24.4 Å². The number of imidazole rings is 1. The summed E-state index contributed by atoms with van der Waals surface area (Å²) in [4.78, 5) is 30.5. The van der Waals surface area contributed by atoms with Crippen LogP contribution < -0.4 is 10.6 Å². The average Bonchev–Trinajstić information content (AvgIpc) is 3.06. The number of hydrogen-bond donors (Lipinski definition) is 2. The quantitative estimate of drug-likeness (QED) is 0.754. The topological polar surface area (TPSA) is 76.0 Å². The highest BCUT2D eigenvalue weighted by Crippen LogP contribution is 2.29. The molecule has 31 heavy (non-hydrogen) atoms. The Bertz CT molecular complexity index is 992. The number of carbonyl (C=O) groups is 2. The molecule has 168 valence electrons. The van der Waals surface area contributed by atoms with Gasteiger partial charge < -0.3 is 15.2 Å². The first kappa shape index (κ1) is 22.9. The summed E-state index contributed by atoms with van der Waals surface area (Å²) < 4.78 is 29.1. The molecule has 8 heteroatoms. The minimum absolute atomic E-state index is 0.0606. The van der Waals surface area contributed by atoms with Crippen molar-refractivity contribution in [1.82, 2.24) is 20.2 Å². The van der Waals surface area contributed by atoms with Crippen LogP contribution in [0.5, 0.6) is 0 Å². The Balaban J connectivity index is 1.98. The van der Waals surface area contributed by atoms with E-state index < -0.39 is 29.0 Å². The molecule has 0 bridgehead atoms. The van der Waals surface area contributed by atoms with Gasteiger partial charge in [-0.2, -0.15) is 0 Å². The molecular formula is C23H30F2N4O2. The van der Waals surface area contributed by atoms with Crippen LogP contribution in [0.2, 0.25) is 0 Å². The van der Waals surface area contributed by atoms with Gasteiger partial charge in [-0.3, -0.25) is 9.59 Å². The molecule has 0 aliphatic carbocycles. The number of halogens is 2. The number of rotatable bonds is 5. The molecule has 0 fully saturated rings. The lowest BCUT2D eigenvalue weighted by atomic mass is 9.85. The van der Waals surface area contributed by atoms with Gasteiger partial charge in [-0.25, -0.2) is 13.8 Å². The van der Waals surface area contributed by atoms with Crippen LogP contribution in [0.25, 0.3) is 11.4 Å². The van der Waals surface area contributed by atoms with Crippen LogP contribution in [0.3, 0.4) is 0 Å². The zero-order chi connectivity index (χ0) is 22.9. The van der Waals surface area contributed by atoms with E-state index >= 15 is 0 Å². The normalized spacial score (nSPS) is 14.8. The first-order valence-electron chi connectivity index (χ1n) is 10.6. The van der Waals surface area contributed by atoms with E-state index in [1.54, 1.807) is 0 Å². The van der Waals surface area contributed by atoms with Gasteiger partial charge in [0, 0.05) is 18.2 Å². The highest BCUT2D eigenvalue weighted by molar-refractivity contribution is 5.98. The van der Waals surface area contributed by atoms with E-state index in [9.17, 15) is 18.4 Å². The number of nitrogens with zero attached hydrogens (tertiary/aromatic N) is 2. The fourth-order valence-corrected chi connectivity index (χ4v) is 3.82. The fourth-order valence-electron chi connectivity index (χ4n) is 3.82. The van der Waals surface area contributed by atoms with Crippen LogP contribution in [-0.4, -0.2) is 33.4 Å². The van der Waals surface area contributed by atoms with E-state index in [0.717, 1.165) is 30.7 Å². The Morgan fingerprint density at radius 2 is 1.81 bits per heavy atom. The van der Waals surface area contributed by atoms with Crippen molar-refractivity contribution in [2.24, 2.45) is 5.41 Å². The predicted octanol–water partition coefficient (Wildman–Crippen LogP) is 3.83. The summed E-state index contributed by atoms with van der Waals surface area (Å²) in [6.07, 6.45) is 2.46. The monoisotopic (exact) mass is 432 g/mol. The van der Waals surface area contributed by atoms with E-state index in [1.807, 2.05) is 39.2 Å². The molecule has 0 unspecified atom stereocenters. The first-order chi connectivity index (χ1) is 14.5. The fraction of sp³-hybridized carbons (Fsp3) is 0.522. The molecule has 1 aliphatic rings. The van der Waals surface area contributed by atoms with E-state index in [2.05, 4.69) is 15.6 Å². The van der Waals surface area contributed by atoms with Crippen molar-refractivity contribution in [2.45, 2.75) is 72.5 Å². The highest BCUT2D eigenvalue weighted by atomic mass is 19.2. The van der Waals surface area contributed by atoms with Gasteiger partial charge >= 0.3 is 0 Å². The Labute approximate surface area is 181 Å². The summed E-state index contributed by atoms with van der Waals surface area (Å²) >= 11 is 0. The second-order valence-corrected chi connectivity index (χ2v) is 9.40. The molecule has 6 nitrogen and oxygen atoms in total. The smallest absolute Gasteiger partial charge is 0.272 e. The summed E-state index contributed by atoms with van der Waals surface area (Å²) in [6, 6.07) is 2.79. The van der Waals surface area contributed by atoms with Crippen molar-refractivity contribution in [1.29, 1.82) is 0 Å². The predicted molar refractivity (Wildman–Crippen MR) is 115 cm³/mol. The molecule has 2 N–H and O–H groups in total. The summed E-state index contributed by atoms with van der Waals surface area (Å²) in [5.41, 5.74) is 0.870. The van der Waals surface area contributed by atoms with E-state index in [4.69, 9.17) is 0 Å². The third-order valence-corrected chi connectivity index (χ3v) is 5.35. The first-order valence-corrected chi connectivity index (χ1v) is 10.6. The van der Waals surface area contributed by atoms with Crippen LogP contribution in [-0.2, 0) is 17.8 Å². The lowest BCUT2D eigenvalue weighted by Crippen LogP contribution is -2.54. The molecule has 2 amide bonds.